The highest BCUT2D eigenvalue weighted by Gasteiger charge is 2.09. The predicted molar refractivity (Wildman–Crippen MR) is 84.6 cm³/mol. The number of aromatic carboxylic acids is 1. The van der Waals surface area contributed by atoms with Crippen LogP contribution in [0.25, 0.3) is 0 Å². The lowest BCUT2D eigenvalue weighted by atomic mass is 10.1. The Hall–Kier alpha value is -1.39. The van der Waals surface area contributed by atoms with Gasteiger partial charge in [0.05, 0.1) is 5.56 Å². The topological polar surface area (TPSA) is 52.6 Å². The van der Waals surface area contributed by atoms with Crippen LogP contribution in [0.4, 0.5) is 0 Å². The van der Waals surface area contributed by atoms with E-state index in [1.54, 1.807) is 18.2 Å². The molecule has 1 aliphatic rings. The summed E-state index contributed by atoms with van der Waals surface area (Å²) in [6.45, 7) is 5.57. The zero-order valence-electron chi connectivity index (χ0n) is 12.7. The first kappa shape index (κ1) is 16.0. The van der Waals surface area contributed by atoms with Crippen molar-refractivity contribution < 1.29 is 9.90 Å². The molecule has 0 saturated carbocycles. The van der Waals surface area contributed by atoms with Crippen molar-refractivity contribution in [3.63, 3.8) is 0 Å². The van der Waals surface area contributed by atoms with Crippen LogP contribution in [0.3, 0.4) is 0 Å². The Bertz CT molecular complexity index is 442. The fourth-order valence-electron chi connectivity index (χ4n) is 2.82. The van der Waals surface area contributed by atoms with Gasteiger partial charge >= 0.3 is 5.97 Å². The van der Waals surface area contributed by atoms with Gasteiger partial charge in [0.2, 0.25) is 0 Å². The van der Waals surface area contributed by atoms with Gasteiger partial charge in [-0.1, -0.05) is 18.6 Å². The summed E-state index contributed by atoms with van der Waals surface area (Å²) in [5, 5.41) is 12.3. The Morgan fingerprint density at radius 2 is 2.00 bits per heavy atom. The highest BCUT2D eigenvalue weighted by molar-refractivity contribution is 5.87. The number of likely N-dealkylation sites (tertiary alicyclic amines) is 1. The molecule has 116 valence electrons. The average Bonchev–Trinajstić information content (AvgIpc) is 3.00. The molecule has 1 aliphatic heterocycles. The van der Waals surface area contributed by atoms with Crippen LogP contribution in [0.5, 0.6) is 0 Å². The number of unbranched alkanes of at least 4 members (excludes halogenated alkanes) is 2. The maximum Gasteiger partial charge on any atom is 0.335 e. The van der Waals surface area contributed by atoms with E-state index < -0.39 is 5.97 Å². The summed E-state index contributed by atoms with van der Waals surface area (Å²) in [4.78, 5) is 13.4. The minimum Gasteiger partial charge on any atom is -0.478 e. The van der Waals surface area contributed by atoms with Crippen molar-refractivity contribution in [2.45, 2.75) is 38.6 Å². The smallest absolute Gasteiger partial charge is 0.335 e. The van der Waals surface area contributed by atoms with Gasteiger partial charge in [-0.05, 0) is 69.6 Å². The monoisotopic (exact) mass is 290 g/mol. The van der Waals surface area contributed by atoms with Crippen LogP contribution in [0.15, 0.2) is 24.3 Å². The normalized spacial score (nSPS) is 15.4. The third-order valence-electron chi connectivity index (χ3n) is 4.03. The molecule has 0 aromatic heterocycles. The summed E-state index contributed by atoms with van der Waals surface area (Å²) >= 11 is 0. The number of rotatable bonds is 9. The molecule has 0 spiro atoms. The maximum absolute atomic E-state index is 10.9. The minimum atomic E-state index is -0.862. The highest BCUT2D eigenvalue weighted by Crippen LogP contribution is 2.09. The van der Waals surface area contributed by atoms with E-state index in [4.69, 9.17) is 5.11 Å². The molecule has 1 fully saturated rings. The minimum absolute atomic E-state index is 0.361. The number of hydrogen-bond acceptors (Lipinski definition) is 3. The molecular formula is C17H26N2O2. The molecule has 0 bridgehead atoms. The van der Waals surface area contributed by atoms with Crippen molar-refractivity contribution >= 4 is 5.97 Å². The lowest BCUT2D eigenvalue weighted by Crippen LogP contribution is -2.20. The van der Waals surface area contributed by atoms with Gasteiger partial charge in [0.1, 0.15) is 0 Å². The first-order chi connectivity index (χ1) is 10.3. The van der Waals surface area contributed by atoms with Crippen LogP contribution in [0.1, 0.15) is 48.0 Å². The quantitative estimate of drug-likeness (QED) is 0.687. The number of nitrogens with one attached hydrogen (secondary N) is 1. The van der Waals surface area contributed by atoms with Gasteiger partial charge in [-0.3, -0.25) is 0 Å². The van der Waals surface area contributed by atoms with Gasteiger partial charge in [0.25, 0.3) is 0 Å². The Kier molecular flexibility index (Phi) is 6.70. The number of carboxylic acids is 1. The van der Waals surface area contributed by atoms with E-state index in [0.29, 0.717) is 5.56 Å². The van der Waals surface area contributed by atoms with E-state index >= 15 is 0 Å². The number of carbonyl (C=O) groups is 1. The Balaban J connectivity index is 1.53. The number of nitrogens with zero attached hydrogens (tertiary/aromatic N) is 1. The SMILES string of the molecule is O=C(O)c1cccc(CNCCCCCN2CCCC2)c1. The second kappa shape index (κ2) is 8.80. The number of hydrogen-bond donors (Lipinski definition) is 2. The van der Waals surface area contributed by atoms with Crippen molar-refractivity contribution in [3.05, 3.63) is 35.4 Å². The van der Waals surface area contributed by atoms with E-state index in [9.17, 15) is 4.79 Å². The van der Waals surface area contributed by atoms with Crippen LogP contribution in [0.2, 0.25) is 0 Å². The van der Waals surface area contributed by atoms with Gasteiger partial charge in [-0.2, -0.15) is 0 Å². The maximum atomic E-state index is 10.9. The van der Waals surface area contributed by atoms with Crippen LogP contribution < -0.4 is 5.32 Å². The van der Waals surface area contributed by atoms with Gasteiger partial charge in [-0.25, -0.2) is 4.79 Å². The Morgan fingerprint density at radius 1 is 1.19 bits per heavy atom. The van der Waals surface area contributed by atoms with Crippen molar-refractivity contribution in [2.24, 2.45) is 0 Å². The fraction of sp³-hybridized carbons (Fsp3) is 0.588. The second-order valence-corrected chi connectivity index (χ2v) is 5.79. The fourth-order valence-corrected chi connectivity index (χ4v) is 2.82. The zero-order chi connectivity index (χ0) is 14.9. The predicted octanol–water partition coefficient (Wildman–Crippen LogP) is 2.74. The van der Waals surface area contributed by atoms with E-state index in [2.05, 4.69) is 10.2 Å². The van der Waals surface area contributed by atoms with Crippen LogP contribution >= 0.6 is 0 Å². The molecule has 0 atom stereocenters. The molecule has 21 heavy (non-hydrogen) atoms. The molecule has 1 saturated heterocycles. The third kappa shape index (κ3) is 5.86. The number of benzene rings is 1. The molecule has 0 radical (unpaired) electrons. The third-order valence-corrected chi connectivity index (χ3v) is 4.03. The summed E-state index contributed by atoms with van der Waals surface area (Å²) in [7, 11) is 0. The lowest BCUT2D eigenvalue weighted by Gasteiger charge is -2.13. The zero-order valence-corrected chi connectivity index (χ0v) is 12.7. The summed E-state index contributed by atoms with van der Waals surface area (Å²) < 4.78 is 0. The molecule has 4 nitrogen and oxygen atoms in total. The second-order valence-electron chi connectivity index (χ2n) is 5.79. The molecule has 0 unspecified atom stereocenters. The van der Waals surface area contributed by atoms with Crippen molar-refractivity contribution in [1.29, 1.82) is 0 Å². The molecule has 4 heteroatoms. The molecule has 1 aromatic rings. The van der Waals surface area contributed by atoms with Gasteiger partial charge in [-0.15, -0.1) is 0 Å². The van der Waals surface area contributed by atoms with Crippen LogP contribution in [-0.4, -0.2) is 42.2 Å². The summed E-state index contributed by atoms with van der Waals surface area (Å²) in [5.74, 6) is -0.862. The molecule has 2 N–H and O–H groups in total. The summed E-state index contributed by atoms with van der Waals surface area (Å²) in [6, 6.07) is 7.14. The summed E-state index contributed by atoms with van der Waals surface area (Å²) in [5.41, 5.74) is 1.40. The standard InChI is InChI=1S/C17H26N2O2/c20-17(21)16-8-6-7-15(13-16)14-18-9-2-1-3-10-19-11-4-5-12-19/h6-8,13,18H,1-5,9-12,14H2,(H,20,21). The molecule has 0 amide bonds. The van der Waals surface area contributed by atoms with Crippen molar-refractivity contribution in [3.8, 4) is 0 Å². The lowest BCUT2D eigenvalue weighted by molar-refractivity contribution is 0.0696. The van der Waals surface area contributed by atoms with Crippen molar-refractivity contribution in [2.75, 3.05) is 26.2 Å². The Morgan fingerprint density at radius 3 is 2.76 bits per heavy atom. The Labute approximate surface area is 127 Å². The number of carboxylic acid groups (broad SMARTS) is 1. The van der Waals surface area contributed by atoms with E-state index in [0.717, 1.165) is 18.7 Å². The molecule has 1 heterocycles. The largest absolute Gasteiger partial charge is 0.478 e. The first-order valence-electron chi connectivity index (χ1n) is 8.01. The van der Waals surface area contributed by atoms with Crippen LogP contribution in [-0.2, 0) is 6.54 Å². The van der Waals surface area contributed by atoms with Gasteiger partial charge < -0.3 is 15.3 Å². The van der Waals surface area contributed by atoms with Crippen molar-refractivity contribution in [1.82, 2.24) is 10.2 Å². The summed E-state index contributed by atoms with van der Waals surface area (Å²) in [6.07, 6.45) is 6.48. The van der Waals surface area contributed by atoms with E-state index in [-0.39, 0.29) is 0 Å². The van der Waals surface area contributed by atoms with E-state index in [1.165, 1.54) is 51.7 Å². The first-order valence-corrected chi connectivity index (χ1v) is 8.01. The molecule has 2 rings (SSSR count). The molecular weight excluding hydrogens is 264 g/mol. The molecule has 1 aromatic carbocycles. The average molecular weight is 290 g/mol. The van der Waals surface area contributed by atoms with Crippen LogP contribution in [0, 0.1) is 0 Å². The molecule has 0 aliphatic carbocycles. The van der Waals surface area contributed by atoms with E-state index in [1.807, 2.05) is 6.07 Å². The highest BCUT2D eigenvalue weighted by atomic mass is 16.4. The van der Waals surface area contributed by atoms with Gasteiger partial charge in [0, 0.05) is 6.54 Å². The van der Waals surface area contributed by atoms with Gasteiger partial charge in [0.15, 0.2) is 0 Å².